The predicted molar refractivity (Wildman–Crippen MR) is 121 cm³/mol. The Balaban J connectivity index is 1.35. The van der Waals surface area contributed by atoms with E-state index in [1.54, 1.807) is 27.8 Å². The first-order chi connectivity index (χ1) is 15.6. The van der Waals surface area contributed by atoms with Crippen molar-refractivity contribution >= 4 is 11.8 Å². The van der Waals surface area contributed by atoms with Crippen molar-refractivity contribution in [3.05, 3.63) is 70.4 Å². The summed E-state index contributed by atoms with van der Waals surface area (Å²) >= 11 is 0. The largest absolute Gasteiger partial charge is 0.449 e. The van der Waals surface area contributed by atoms with Gasteiger partial charge in [-0.15, -0.1) is 0 Å². The molecule has 168 valence electrons. The maximum atomic E-state index is 12.3. The number of anilines is 1. The minimum Gasteiger partial charge on any atom is -0.449 e. The highest BCUT2D eigenvalue weighted by molar-refractivity contribution is 5.84. The van der Waals surface area contributed by atoms with Gasteiger partial charge in [0, 0.05) is 31.4 Å². The molecule has 1 fully saturated rings. The summed E-state index contributed by atoms with van der Waals surface area (Å²) in [6.45, 7) is 2.48. The molecule has 2 N–H and O–H groups in total. The zero-order valence-electron chi connectivity index (χ0n) is 18.2. The van der Waals surface area contributed by atoms with Crippen LogP contribution in [0.4, 0.5) is 10.5 Å². The molecule has 0 atom stereocenters. The summed E-state index contributed by atoms with van der Waals surface area (Å²) in [6, 6.07) is 8.86. The smallest absolute Gasteiger partial charge is 0.411 e. The molecule has 0 saturated carbocycles. The number of amides is 1. The molecule has 4 rings (SSSR count). The highest BCUT2D eigenvalue weighted by Gasteiger charge is 2.14. The zero-order valence-corrected chi connectivity index (χ0v) is 18.2. The van der Waals surface area contributed by atoms with Crippen LogP contribution < -0.4 is 16.1 Å². The van der Waals surface area contributed by atoms with Crippen molar-refractivity contribution in [3.63, 3.8) is 0 Å². The van der Waals surface area contributed by atoms with Crippen molar-refractivity contribution in [2.75, 3.05) is 25.0 Å². The Morgan fingerprint density at radius 3 is 2.91 bits per heavy atom. The average molecular weight is 437 g/mol. The minimum absolute atomic E-state index is 0.138. The lowest BCUT2D eigenvalue weighted by molar-refractivity contribution is 0.149. The van der Waals surface area contributed by atoms with Gasteiger partial charge < -0.3 is 10.1 Å². The third kappa shape index (κ3) is 5.82. The molecule has 0 spiro atoms. The molecule has 0 bridgehead atoms. The molecule has 1 saturated heterocycles. The number of aryl methyl sites for hydroxylation is 1. The third-order valence-electron chi connectivity index (χ3n) is 5.60. The second kappa shape index (κ2) is 10.2. The Kier molecular flexibility index (Phi) is 6.96. The van der Waals surface area contributed by atoms with Gasteiger partial charge in [0.15, 0.2) is 0 Å². The molecule has 32 heavy (non-hydrogen) atoms. The van der Waals surface area contributed by atoms with E-state index in [0.29, 0.717) is 30.3 Å². The van der Waals surface area contributed by atoms with Gasteiger partial charge in [-0.05, 0) is 56.0 Å². The topological polar surface area (TPSA) is 103 Å². The van der Waals surface area contributed by atoms with Crippen molar-refractivity contribution in [3.8, 4) is 5.69 Å². The maximum Gasteiger partial charge on any atom is 0.411 e. The highest BCUT2D eigenvalue weighted by Crippen LogP contribution is 2.17. The Bertz CT molecular complexity index is 1120. The van der Waals surface area contributed by atoms with Gasteiger partial charge >= 0.3 is 6.09 Å². The van der Waals surface area contributed by atoms with E-state index >= 15 is 0 Å². The number of rotatable bonds is 7. The highest BCUT2D eigenvalue weighted by atomic mass is 16.5. The van der Waals surface area contributed by atoms with E-state index in [9.17, 15) is 9.59 Å². The van der Waals surface area contributed by atoms with Gasteiger partial charge in [-0.2, -0.15) is 10.2 Å². The van der Waals surface area contributed by atoms with Crippen molar-refractivity contribution in [1.29, 1.82) is 0 Å². The zero-order chi connectivity index (χ0) is 22.3. The van der Waals surface area contributed by atoms with Gasteiger partial charge in [0.2, 0.25) is 5.43 Å². The van der Waals surface area contributed by atoms with Crippen molar-refractivity contribution in [2.24, 2.45) is 13.0 Å². The Morgan fingerprint density at radius 2 is 2.12 bits per heavy atom. The fourth-order valence-corrected chi connectivity index (χ4v) is 3.84. The monoisotopic (exact) mass is 436 g/mol. The number of benzene rings is 1. The lowest BCUT2D eigenvalue weighted by Crippen LogP contribution is -2.28. The van der Waals surface area contributed by atoms with Gasteiger partial charge in [-0.25, -0.2) is 9.48 Å². The fourth-order valence-electron chi connectivity index (χ4n) is 3.84. The molecule has 1 aliphatic rings. The van der Waals surface area contributed by atoms with E-state index in [2.05, 4.69) is 20.8 Å². The molecule has 2 aromatic heterocycles. The Hall–Kier alpha value is -3.46. The van der Waals surface area contributed by atoms with Crippen LogP contribution in [0.2, 0.25) is 0 Å². The summed E-state index contributed by atoms with van der Waals surface area (Å²) in [5, 5.41) is 14.7. The first kappa shape index (κ1) is 21.8. The Labute approximate surface area is 186 Å². The molecule has 9 heteroatoms. The lowest BCUT2D eigenvalue weighted by atomic mass is 9.95. The van der Waals surface area contributed by atoms with Crippen LogP contribution in [0.25, 0.3) is 5.69 Å². The fraction of sp³-hybridized carbons (Fsp3) is 0.391. The van der Waals surface area contributed by atoms with E-state index in [4.69, 9.17) is 4.74 Å². The summed E-state index contributed by atoms with van der Waals surface area (Å²) < 4.78 is 8.66. The average Bonchev–Trinajstić information content (AvgIpc) is 3.22. The number of hydrogen-bond donors (Lipinski definition) is 2. The number of nitrogens with zero attached hydrogens (tertiary/aromatic N) is 4. The number of nitrogens with one attached hydrogen (secondary N) is 2. The second-order valence-electron chi connectivity index (χ2n) is 8.06. The van der Waals surface area contributed by atoms with Crippen LogP contribution in [0.3, 0.4) is 0 Å². The molecule has 0 unspecified atom stereocenters. The molecule has 3 heterocycles. The molecular formula is C23H28N6O3. The molecule has 3 aromatic rings. The minimum atomic E-state index is -0.465. The summed E-state index contributed by atoms with van der Waals surface area (Å²) in [5.41, 5.74) is 2.54. The standard InChI is InChI=1S/C23H28N6O3/c1-28-16-20(15-25-28)29-11-7-22(30)21(27-29)14-18-3-2-4-19(13-18)26-23(31)32-12-8-17-5-9-24-10-6-17/h2-4,7,11,13,15-17,24H,5-6,8-10,12,14H2,1H3,(H,26,31). The van der Waals surface area contributed by atoms with Crippen LogP contribution in [-0.2, 0) is 18.2 Å². The summed E-state index contributed by atoms with van der Waals surface area (Å²) in [5.74, 6) is 0.612. The summed E-state index contributed by atoms with van der Waals surface area (Å²) in [4.78, 5) is 24.5. The summed E-state index contributed by atoms with van der Waals surface area (Å²) in [7, 11) is 1.82. The first-order valence-electron chi connectivity index (χ1n) is 10.9. The van der Waals surface area contributed by atoms with Crippen LogP contribution in [0, 0.1) is 5.92 Å². The van der Waals surface area contributed by atoms with Crippen molar-refractivity contribution in [2.45, 2.75) is 25.7 Å². The van der Waals surface area contributed by atoms with Crippen molar-refractivity contribution in [1.82, 2.24) is 24.9 Å². The van der Waals surface area contributed by atoms with E-state index in [1.165, 1.54) is 6.07 Å². The molecular weight excluding hydrogens is 408 g/mol. The first-order valence-corrected chi connectivity index (χ1v) is 10.9. The van der Waals surface area contributed by atoms with E-state index in [-0.39, 0.29) is 5.43 Å². The molecule has 0 radical (unpaired) electrons. The number of hydrogen-bond acceptors (Lipinski definition) is 6. The van der Waals surface area contributed by atoms with Crippen LogP contribution in [-0.4, -0.2) is 45.4 Å². The number of piperidine rings is 1. The summed E-state index contributed by atoms with van der Waals surface area (Å²) in [6.07, 6.45) is 8.16. The number of carbonyl (C=O) groups is 1. The number of ether oxygens (including phenoxy) is 1. The SMILES string of the molecule is Cn1cc(-n2ccc(=O)c(Cc3cccc(NC(=O)OCCC4CCNCC4)c3)n2)cn1. The van der Waals surface area contributed by atoms with Crippen molar-refractivity contribution < 1.29 is 9.53 Å². The maximum absolute atomic E-state index is 12.3. The lowest BCUT2D eigenvalue weighted by Gasteiger charge is -2.22. The number of aromatic nitrogens is 4. The van der Waals surface area contributed by atoms with Gasteiger partial charge in [-0.1, -0.05) is 12.1 Å². The predicted octanol–water partition coefficient (Wildman–Crippen LogP) is 2.50. The van der Waals surface area contributed by atoms with Gasteiger partial charge in [-0.3, -0.25) is 14.8 Å². The normalized spacial score (nSPS) is 14.3. The third-order valence-corrected chi connectivity index (χ3v) is 5.60. The number of carbonyl (C=O) groups excluding carboxylic acids is 1. The van der Waals surface area contributed by atoms with Crippen LogP contribution in [0.1, 0.15) is 30.5 Å². The van der Waals surface area contributed by atoms with Crippen LogP contribution >= 0.6 is 0 Å². The van der Waals surface area contributed by atoms with E-state index in [1.807, 2.05) is 31.4 Å². The molecule has 1 aliphatic heterocycles. The Morgan fingerprint density at radius 1 is 1.28 bits per heavy atom. The van der Waals surface area contributed by atoms with Gasteiger partial charge in [0.25, 0.3) is 0 Å². The molecule has 0 aliphatic carbocycles. The molecule has 9 nitrogen and oxygen atoms in total. The van der Waals surface area contributed by atoms with Crippen LogP contribution in [0.15, 0.2) is 53.7 Å². The van der Waals surface area contributed by atoms with E-state index < -0.39 is 6.09 Å². The van der Waals surface area contributed by atoms with Gasteiger partial charge in [0.1, 0.15) is 11.4 Å². The quantitative estimate of drug-likeness (QED) is 0.590. The van der Waals surface area contributed by atoms with Crippen LogP contribution in [0.5, 0.6) is 0 Å². The molecule has 1 aromatic carbocycles. The molecule has 1 amide bonds. The second-order valence-corrected chi connectivity index (χ2v) is 8.06. The van der Waals surface area contributed by atoms with Gasteiger partial charge in [0.05, 0.1) is 19.0 Å². The van der Waals surface area contributed by atoms with E-state index in [0.717, 1.165) is 43.6 Å².